The Morgan fingerprint density at radius 2 is 1.79 bits per heavy atom. The summed E-state index contributed by atoms with van der Waals surface area (Å²) in [6.45, 7) is 3.26. The van der Waals surface area contributed by atoms with Gasteiger partial charge in [0.25, 0.3) is 5.78 Å². The van der Waals surface area contributed by atoms with E-state index in [-0.39, 0.29) is 5.56 Å². The first-order valence-corrected chi connectivity index (χ1v) is 5.89. The lowest BCUT2D eigenvalue weighted by Gasteiger charge is -2.04. The van der Waals surface area contributed by atoms with Crippen molar-refractivity contribution in [2.45, 2.75) is 13.8 Å². The van der Waals surface area contributed by atoms with Crippen molar-refractivity contribution in [1.82, 2.24) is 9.78 Å². The topological polar surface area (TPSA) is 72.2 Å². The standard InChI is InChI=1S/C13H11ClN2O3/c1-7-11(12(17)13(18)19)8(2)16(15-7)10-5-3-9(14)4-6-10/h3-6H,1-2H3,(H,18,19). The number of nitrogens with zero attached hydrogens (tertiary/aromatic N) is 2. The minimum atomic E-state index is -1.48. The zero-order chi connectivity index (χ0) is 14.2. The molecule has 2 aromatic rings. The number of halogens is 1. The maximum absolute atomic E-state index is 11.6. The van der Waals surface area contributed by atoms with E-state index in [1.165, 1.54) is 4.68 Å². The summed E-state index contributed by atoms with van der Waals surface area (Å²) in [6, 6.07) is 6.89. The van der Waals surface area contributed by atoms with E-state index in [0.717, 1.165) is 5.69 Å². The Labute approximate surface area is 114 Å². The molecule has 0 unspecified atom stereocenters. The summed E-state index contributed by atoms with van der Waals surface area (Å²) in [5.74, 6) is -2.43. The molecular weight excluding hydrogens is 268 g/mol. The Balaban J connectivity index is 2.56. The molecule has 0 saturated carbocycles. The Morgan fingerprint density at radius 1 is 1.21 bits per heavy atom. The number of benzene rings is 1. The maximum atomic E-state index is 11.6. The fraction of sp³-hybridized carbons (Fsp3) is 0.154. The first kappa shape index (κ1) is 13.3. The van der Waals surface area contributed by atoms with Crippen LogP contribution in [0.3, 0.4) is 0 Å². The van der Waals surface area contributed by atoms with Crippen LogP contribution < -0.4 is 0 Å². The van der Waals surface area contributed by atoms with Crippen LogP contribution in [-0.4, -0.2) is 26.6 Å². The van der Waals surface area contributed by atoms with Crippen molar-refractivity contribution in [3.05, 3.63) is 46.2 Å². The summed E-state index contributed by atoms with van der Waals surface area (Å²) < 4.78 is 1.53. The second kappa shape index (κ2) is 4.85. The van der Waals surface area contributed by atoms with Gasteiger partial charge in [0.2, 0.25) is 0 Å². The highest BCUT2D eigenvalue weighted by atomic mass is 35.5. The van der Waals surface area contributed by atoms with E-state index in [1.54, 1.807) is 38.1 Å². The molecule has 5 nitrogen and oxygen atoms in total. The molecule has 0 aliphatic rings. The van der Waals surface area contributed by atoms with E-state index in [1.807, 2.05) is 0 Å². The van der Waals surface area contributed by atoms with E-state index in [9.17, 15) is 9.59 Å². The van der Waals surface area contributed by atoms with Crippen LogP contribution in [0.15, 0.2) is 24.3 Å². The summed E-state index contributed by atoms with van der Waals surface area (Å²) >= 11 is 5.81. The van der Waals surface area contributed by atoms with Crippen molar-refractivity contribution in [1.29, 1.82) is 0 Å². The van der Waals surface area contributed by atoms with Gasteiger partial charge in [-0.3, -0.25) is 4.79 Å². The van der Waals surface area contributed by atoms with E-state index < -0.39 is 11.8 Å². The fourth-order valence-electron chi connectivity index (χ4n) is 1.91. The normalized spacial score (nSPS) is 10.5. The highest BCUT2D eigenvalue weighted by Crippen LogP contribution is 2.20. The van der Waals surface area contributed by atoms with Crippen molar-refractivity contribution >= 4 is 23.4 Å². The van der Waals surface area contributed by atoms with Crippen molar-refractivity contribution in [2.75, 3.05) is 0 Å². The second-order valence-corrected chi connectivity index (χ2v) is 4.50. The molecule has 0 spiro atoms. The number of carbonyl (C=O) groups excluding carboxylic acids is 1. The van der Waals surface area contributed by atoms with E-state index in [0.29, 0.717) is 16.4 Å². The fourth-order valence-corrected chi connectivity index (χ4v) is 2.04. The van der Waals surface area contributed by atoms with Gasteiger partial charge in [-0.2, -0.15) is 5.10 Å². The summed E-state index contributed by atoms with van der Waals surface area (Å²) in [5, 5.41) is 13.6. The monoisotopic (exact) mass is 278 g/mol. The van der Waals surface area contributed by atoms with Crippen molar-refractivity contribution < 1.29 is 14.7 Å². The minimum absolute atomic E-state index is 0.127. The summed E-state index contributed by atoms with van der Waals surface area (Å²) in [4.78, 5) is 22.4. The second-order valence-electron chi connectivity index (χ2n) is 4.07. The molecule has 1 aromatic heterocycles. The SMILES string of the molecule is Cc1nn(-c2ccc(Cl)cc2)c(C)c1C(=O)C(=O)O. The van der Waals surface area contributed by atoms with Gasteiger partial charge in [-0.25, -0.2) is 9.48 Å². The van der Waals surface area contributed by atoms with Gasteiger partial charge in [0.05, 0.1) is 22.6 Å². The molecule has 2 rings (SSSR count). The maximum Gasteiger partial charge on any atom is 0.377 e. The predicted octanol–water partition coefficient (Wildman–Crippen LogP) is 2.41. The van der Waals surface area contributed by atoms with Crippen molar-refractivity contribution in [2.24, 2.45) is 0 Å². The number of aromatic nitrogens is 2. The molecule has 0 aliphatic carbocycles. The molecule has 0 radical (unpaired) electrons. The average molecular weight is 279 g/mol. The summed E-state index contributed by atoms with van der Waals surface area (Å²) in [7, 11) is 0. The van der Waals surface area contributed by atoms with E-state index >= 15 is 0 Å². The third kappa shape index (κ3) is 2.37. The number of hydrogen-bond donors (Lipinski definition) is 1. The number of Topliss-reactive ketones (excluding diaryl/α,β-unsaturated/α-hetero) is 1. The Bertz CT molecular complexity index is 659. The van der Waals surface area contributed by atoms with Gasteiger partial charge in [0.1, 0.15) is 0 Å². The predicted molar refractivity (Wildman–Crippen MR) is 70.0 cm³/mol. The van der Waals surface area contributed by atoms with Crippen LogP contribution in [0, 0.1) is 13.8 Å². The van der Waals surface area contributed by atoms with Gasteiger partial charge in [-0.15, -0.1) is 0 Å². The van der Waals surface area contributed by atoms with Gasteiger partial charge in [0, 0.05) is 5.02 Å². The summed E-state index contributed by atoms with van der Waals surface area (Å²) in [5.41, 5.74) is 1.73. The molecule has 1 heterocycles. The molecule has 0 saturated heterocycles. The largest absolute Gasteiger partial charge is 0.475 e. The van der Waals surface area contributed by atoms with Crippen LogP contribution in [0.25, 0.3) is 5.69 Å². The van der Waals surface area contributed by atoms with Gasteiger partial charge >= 0.3 is 5.97 Å². The lowest BCUT2D eigenvalue weighted by molar-refractivity contribution is -0.131. The Morgan fingerprint density at radius 3 is 2.32 bits per heavy atom. The quantitative estimate of drug-likeness (QED) is 0.691. The first-order valence-electron chi connectivity index (χ1n) is 5.51. The molecule has 19 heavy (non-hydrogen) atoms. The zero-order valence-corrected chi connectivity index (χ0v) is 11.1. The van der Waals surface area contributed by atoms with Gasteiger partial charge in [-0.05, 0) is 38.1 Å². The molecule has 0 atom stereocenters. The highest BCUT2D eigenvalue weighted by Gasteiger charge is 2.24. The van der Waals surface area contributed by atoms with Gasteiger partial charge in [0.15, 0.2) is 0 Å². The molecule has 0 amide bonds. The first-order chi connectivity index (χ1) is 8.91. The molecule has 1 N–H and O–H groups in total. The third-order valence-electron chi connectivity index (χ3n) is 2.78. The number of aryl methyl sites for hydroxylation is 1. The molecule has 0 fully saturated rings. The molecule has 6 heteroatoms. The third-order valence-corrected chi connectivity index (χ3v) is 3.04. The van der Waals surface area contributed by atoms with Crippen LogP contribution in [-0.2, 0) is 4.79 Å². The molecule has 98 valence electrons. The average Bonchev–Trinajstić information content (AvgIpc) is 2.65. The van der Waals surface area contributed by atoms with Gasteiger partial charge < -0.3 is 5.11 Å². The number of carboxylic acid groups (broad SMARTS) is 1. The number of ketones is 1. The van der Waals surface area contributed by atoms with Crippen LogP contribution in [0.5, 0.6) is 0 Å². The molecule has 0 bridgehead atoms. The molecular formula is C13H11ClN2O3. The Kier molecular flexibility index (Phi) is 3.40. The number of carbonyl (C=O) groups is 2. The number of aliphatic carboxylic acids is 1. The number of rotatable bonds is 3. The lowest BCUT2D eigenvalue weighted by atomic mass is 10.1. The van der Waals surface area contributed by atoms with Crippen LogP contribution >= 0.6 is 11.6 Å². The zero-order valence-electron chi connectivity index (χ0n) is 10.3. The summed E-state index contributed by atoms with van der Waals surface area (Å²) in [6.07, 6.45) is 0. The van der Waals surface area contributed by atoms with Gasteiger partial charge in [-0.1, -0.05) is 11.6 Å². The van der Waals surface area contributed by atoms with Crippen molar-refractivity contribution in [3.8, 4) is 5.69 Å². The highest BCUT2D eigenvalue weighted by molar-refractivity contribution is 6.40. The van der Waals surface area contributed by atoms with Crippen LogP contribution in [0.1, 0.15) is 21.7 Å². The number of hydrogen-bond acceptors (Lipinski definition) is 3. The minimum Gasteiger partial charge on any atom is -0.475 e. The van der Waals surface area contributed by atoms with Crippen LogP contribution in [0.4, 0.5) is 0 Å². The van der Waals surface area contributed by atoms with E-state index in [2.05, 4.69) is 5.10 Å². The lowest BCUT2D eigenvalue weighted by Crippen LogP contribution is -2.14. The van der Waals surface area contributed by atoms with Crippen molar-refractivity contribution in [3.63, 3.8) is 0 Å². The smallest absolute Gasteiger partial charge is 0.377 e. The molecule has 1 aromatic carbocycles. The Hall–Kier alpha value is -2.14. The number of carboxylic acids is 1. The molecule has 0 aliphatic heterocycles. The van der Waals surface area contributed by atoms with E-state index in [4.69, 9.17) is 16.7 Å². The van der Waals surface area contributed by atoms with Crippen LogP contribution in [0.2, 0.25) is 5.02 Å².